The van der Waals surface area contributed by atoms with Crippen LogP contribution < -0.4 is 0 Å². The van der Waals surface area contributed by atoms with Crippen LogP contribution in [-0.4, -0.2) is 227 Å². The number of allylic oxidation sites excluding steroid dienone is 2. The predicted octanol–water partition coefficient (Wildman–Crippen LogP) is -2.06. The summed E-state index contributed by atoms with van der Waals surface area (Å²) in [6.07, 6.45) is -22.1. The number of aliphatic hydroxyl groups is 13. The molecule has 0 radical (unpaired) electrons. The molecule has 3 saturated carbocycles. The van der Waals surface area contributed by atoms with E-state index in [0.717, 1.165) is 37.0 Å². The van der Waals surface area contributed by atoms with Crippen molar-refractivity contribution in [1.82, 2.24) is 0 Å². The van der Waals surface area contributed by atoms with E-state index in [1.807, 2.05) is 6.92 Å². The molecule has 22 heteroatoms. The standard InChI is InChI=1S/C51H82O22/c1-19(18-65-48-44(40(61)36(57)30(16-52)70-48)72-46-42(63)38(59)34(55)21(3)66-46)7-10-28-20(2)33-29(69-28)15-27-25-9-8-23-13-24(14-32(54)51(23,6)26(25)11-12-50(27,33)5)68-49-45(41(62)37(58)31(17-53)71-49)73-47-43(64)39(60)35(56)22(4)67-47/h8,19,21-22,24-27,29-49,52-64H,7,9-18H2,1-6H3/t19-,21+,22+,24-,25-,26+,27+,29+,30-,31-,32-,33+,34+,35+,36-,37-,38-,39-,40+,41+,42-,43-,44-,45-,46+,47+,48-,49-,50+,51+/m1/s1. The van der Waals surface area contributed by atoms with Crippen LogP contribution in [0.5, 0.6) is 0 Å². The molecule has 0 aromatic heterocycles. The van der Waals surface area contributed by atoms with Crippen LogP contribution in [0.2, 0.25) is 0 Å². The smallest absolute Gasteiger partial charge is 0.187 e. The van der Waals surface area contributed by atoms with Crippen LogP contribution >= 0.6 is 0 Å². The number of hydrogen-bond acceptors (Lipinski definition) is 22. The molecule has 5 heterocycles. The highest BCUT2D eigenvalue weighted by atomic mass is 16.8. The first-order valence-corrected chi connectivity index (χ1v) is 26.5. The summed E-state index contributed by atoms with van der Waals surface area (Å²) < 4.78 is 54.3. The molecule has 9 rings (SSSR count). The third-order valence-corrected chi connectivity index (χ3v) is 19.0. The molecule has 30 atom stereocenters. The van der Waals surface area contributed by atoms with Gasteiger partial charge >= 0.3 is 0 Å². The zero-order chi connectivity index (χ0) is 52.7. The Bertz CT molecular complexity index is 1960. The minimum absolute atomic E-state index is 0.0121. The van der Waals surface area contributed by atoms with E-state index in [1.54, 1.807) is 0 Å². The summed E-state index contributed by atoms with van der Waals surface area (Å²) in [5.41, 5.74) is 1.74. The maximum atomic E-state index is 12.2. The van der Waals surface area contributed by atoms with E-state index in [9.17, 15) is 66.4 Å². The van der Waals surface area contributed by atoms with Crippen LogP contribution in [0.4, 0.5) is 0 Å². The Hall–Kier alpha value is -1.56. The van der Waals surface area contributed by atoms with Gasteiger partial charge in [-0.25, -0.2) is 0 Å². The zero-order valence-corrected chi connectivity index (χ0v) is 42.5. The molecule has 4 aliphatic carbocycles. The lowest BCUT2D eigenvalue weighted by molar-refractivity contribution is -0.370. The molecule has 73 heavy (non-hydrogen) atoms. The van der Waals surface area contributed by atoms with E-state index >= 15 is 0 Å². The van der Waals surface area contributed by atoms with Crippen LogP contribution in [0.25, 0.3) is 0 Å². The summed E-state index contributed by atoms with van der Waals surface area (Å²) in [7, 11) is 0. The van der Waals surface area contributed by atoms with Gasteiger partial charge in [-0.1, -0.05) is 32.4 Å². The first-order chi connectivity index (χ1) is 34.5. The third kappa shape index (κ3) is 10.0. The van der Waals surface area contributed by atoms with Crippen molar-refractivity contribution < 1.29 is 109 Å². The van der Waals surface area contributed by atoms with Gasteiger partial charge in [0.2, 0.25) is 0 Å². The molecule has 418 valence electrons. The van der Waals surface area contributed by atoms with Gasteiger partial charge in [-0.05, 0) is 94.0 Å². The fourth-order valence-corrected chi connectivity index (χ4v) is 14.5. The van der Waals surface area contributed by atoms with Crippen molar-refractivity contribution in [1.29, 1.82) is 0 Å². The molecule has 13 N–H and O–H groups in total. The molecule has 0 aromatic carbocycles. The molecule has 0 bridgehead atoms. The molecule has 5 aliphatic heterocycles. The van der Waals surface area contributed by atoms with Crippen molar-refractivity contribution in [3.05, 3.63) is 23.0 Å². The first-order valence-electron chi connectivity index (χ1n) is 26.5. The van der Waals surface area contributed by atoms with Crippen LogP contribution in [0.3, 0.4) is 0 Å². The van der Waals surface area contributed by atoms with Crippen LogP contribution in [0.1, 0.15) is 92.9 Å². The molecule has 4 saturated heterocycles. The summed E-state index contributed by atoms with van der Waals surface area (Å²) in [4.78, 5) is 0. The quantitative estimate of drug-likeness (QED) is 0.0832. The topological polar surface area (TPSA) is 346 Å². The molecular weight excluding hydrogens is 965 g/mol. The van der Waals surface area contributed by atoms with Gasteiger partial charge in [-0.15, -0.1) is 0 Å². The van der Waals surface area contributed by atoms with Gasteiger partial charge < -0.3 is 109 Å². The van der Waals surface area contributed by atoms with E-state index in [-0.39, 0.29) is 42.3 Å². The number of hydrogen-bond donors (Lipinski definition) is 13. The number of aliphatic hydroxyl groups excluding tert-OH is 13. The second-order valence-electron chi connectivity index (χ2n) is 23.3. The van der Waals surface area contributed by atoms with Gasteiger partial charge in [-0.2, -0.15) is 0 Å². The molecule has 9 aliphatic rings. The van der Waals surface area contributed by atoms with E-state index < -0.39 is 154 Å². The average molecular weight is 1050 g/mol. The molecule has 22 nitrogen and oxygen atoms in total. The average Bonchev–Trinajstić information content (AvgIpc) is 3.85. The lowest BCUT2D eigenvalue weighted by Crippen LogP contribution is -2.64. The van der Waals surface area contributed by atoms with Gasteiger partial charge in [0.25, 0.3) is 0 Å². The van der Waals surface area contributed by atoms with Crippen molar-refractivity contribution >= 4 is 0 Å². The van der Waals surface area contributed by atoms with Crippen LogP contribution in [0, 0.1) is 40.4 Å². The van der Waals surface area contributed by atoms with Crippen molar-refractivity contribution in [3.63, 3.8) is 0 Å². The largest absolute Gasteiger partial charge is 0.494 e. The molecule has 0 amide bonds. The van der Waals surface area contributed by atoms with Crippen molar-refractivity contribution in [2.24, 2.45) is 40.4 Å². The highest BCUT2D eigenvalue weighted by Crippen LogP contribution is 2.69. The molecule has 7 fully saturated rings. The maximum absolute atomic E-state index is 12.2. The predicted molar refractivity (Wildman–Crippen MR) is 249 cm³/mol. The SMILES string of the molecule is CC1=C(CC[C@@H](C)CO[C@@H]2O[C@H](CO)[C@@H](O)[C@H](O)[C@H]2O[C@@H]2O[C@@H](C)[C@H](O)[C@@H](O)[C@H]2O)O[C@H]2C[C@H]3[C@@H]4CC=C5C[C@@H](O[C@@H]6O[C@H](CO)[C@@H](O)[C@H](O)[C@H]6O[C@@H]6O[C@@H](C)[C@H](O)[C@@H](O)[C@H]6O)C[C@@H](O)[C@]5(C)[C@H]4CC[C@]3(C)[C@@H]12. The lowest BCUT2D eigenvalue weighted by atomic mass is 9.46. The number of rotatable bonds is 14. The minimum Gasteiger partial charge on any atom is -0.494 e. The van der Waals surface area contributed by atoms with Gasteiger partial charge in [-0.3, -0.25) is 0 Å². The Morgan fingerprint density at radius 3 is 1.79 bits per heavy atom. The second kappa shape index (κ2) is 21.9. The van der Waals surface area contributed by atoms with Crippen molar-refractivity contribution in [2.75, 3.05) is 19.8 Å². The lowest BCUT2D eigenvalue weighted by Gasteiger charge is -2.59. The fraction of sp³-hybridized carbons (Fsp3) is 0.922. The van der Waals surface area contributed by atoms with Gasteiger partial charge in [0.15, 0.2) is 25.2 Å². The summed E-state index contributed by atoms with van der Waals surface area (Å²) in [6.45, 7) is 10.6. The van der Waals surface area contributed by atoms with Crippen LogP contribution in [0.15, 0.2) is 23.0 Å². The maximum Gasteiger partial charge on any atom is 0.187 e. The number of ether oxygens (including phenoxy) is 9. The Balaban J connectivity index is 0.821. The Kier molecular flexibility index (Phi) is 16.9. The highest BCUT2D eigenvalue weighted by molar-refractivity contribution is 5.31. The third-order valence-electron chi connectivity index (χ3n) is 19.0. The van der Waals surface area contributed by atoms with E-state index in [0.29, 0.717) is 31.1 Å². The summed E-state index contributed by atoms with van der Waals surface area (Å²) in [5.74, 6) is 1.98. The van der Waals surface area contributed by atoms with Gasteiger partial charge in [0.05, 0.1) is 50.0 Å². The van der Waals surface area contributed by atoms with E-state index in [4.69, 9.17) is 42.6 Å². The van der Waals surface area contributed by atoms with E-state index in [2.05, 4.69) is 26.8 Å². The van der Waals surface area contributed by atoms with Gasteiger partial charge in [0, 0.05) is 24.2 Å². The molecule has 0 unspecified atom stereocenters. The van der Waals surface area contributed by atoms with Crippen LogP contribution in [-0.2, 0) is 42.6 Å². The monoisotopic (exact) mass is 1050 g/mol. The summed E-state index contributed by atoms with van der Waals surface area (Å²) in [6, 6.07) is 0. The normalized spacial score (nSPS) is 53.4. The van der Waals surface area contributed by atoms with Crippen molar-refractivity contribution in [2.45, 2.75) is 234 Å². The van der Waals surface area contributed by atoms with Gasteiger partial charge in [0.1, 0.15) is 91.6 Å². The molecular formula is C51H82O22. The highest BCUT2D eigenvalue weighted by Gasteiger charge is 2.65. The Morgan fingerprint density at radius 2 is 1.22 bits per heavy atom. The first kappa shape index (κ1) is 56.2. The minimum atomic E-state index is -1.70. The fourth-order valence-electron chi connectivity index (χ4n) is 14.5. The van der Waals surface area contributed by atoms with E-state index in [1.165, 1.54) is 19.4 Å². The molecule has 0 aromatic rings. The molecule has 0 spiro atoms. The Morgan fingerprint density at radius 1 is 0.658 bits per heavy atom. The zero-order valence-electron chi connectivity index (χ0n) is 42.5. The Labute approximate surface area is 425 Å². The number of fused-ring (bicyclic) bond motifs is 7. The van der Waals surface area contributed by atoms with Crippen molar-refractivity contribution in [3.8, 4) is 0 Å². The summed E-state index contributed by atoms with van der Waals surface area (Å²) >= 11 is 0. The summed E-state index contributed by atoms with van der Waals surface area (Å²) in [5, 5.41) is 138. The second-order valence-corrected chi connectivity index (χ2v) is 23.3.